The van der Waals surface area contributed by atoms with Crippen molar-refractivity contribution in [3.05, 3.63) is 20.8 Å². The first-order valence-electron chi connectivity index (χ1n) is 4.77. The molecule has 1 atom stereocenters. The fourth-order valence-electron chi connectivity index (χ4n) is 1.52. The summed E-state index contributed by atoms with van der Waals surface area (Å²) in [6, 6.07) is 1.89. The van der Waals surface area contributed by atoms with Gasteiger partial charge in [-0.25, -0.2) is 0 Å². The number of halogens is 1. The first-order chi connectivity index (χ1) is 7.04. The van der Waals surface area contributed by atoms with Gasteiger partial charge in [0, 0.05) is 21.3 Å². The monoisotopic (exact) mass is 290 g/mol. The molecule has 2 N–H and O–H groups in total. The molecule has 1 rings (SSSR count). The number of amides is 1. The number of carbonyl (C=O) groups excluding carboxylic acids is 1. The molecule has 0 radical (unpaired) electrons. The van der Waals surface area contributed by atoms with Gasteiger partial charge in [0.2, 0.25) is 5.91 Å². The number of carbonyl (C=O) groups is 1. The summed E-state index contributed by atoms with van der Waals surface area (Å²) >= 11 is 5.08. The normalized spacial score (nSPS) is 13.1. The fraction of sp³-hybridized carbons (Fsp3) is 0.500. The van der Waals surface area contributed by atoms with Crippen LogP contribution in [0.5, 0.6) is 0 Å². The molecule has 0 spiro atoms. The summed E-state index contributed by atoms with van der Waals surface area (Å²) in [4.78, 5) is 14.4. The quantitative estimate of drug-likeness (QED) is 0.904. The molecule has 1 aromatic rings. The van der Waals surface area contributed by atoms with Gasteiger partial charge in [-0.1, -0.05) is 6.92 Å². The number of thiophene rings is 1. The van der Waals surface area contributed by atoms with Crippen LogP contribution in [0.25, 0.3) is 0 Å². The van der Waals surface area contributed by atoms with Crippen molar-refractivity contribution < 1.29 is 4.79 Å². The maximum absolute atomic E-state index is 11.1. The van der Waals surface area contributed by atoms with E-state index >= 15 is 0 Å². The smallest absolute Gasteiger partial charge is 0.234 e. The van der Waals surface area contributed by atoms with E-state index in [0.717, 1.165) is 17.4 Å². The van der Waals surface area contributed by atoms with Crippen molar-refractivity contribution in [1.82, 2.24) is 4.90 Å². The highest BCUT2D eigenvalue weighted by molar-refractivity contribution is 9.10. The molecule has 1 aromatic heterocycles. The van der Waals surface area contributed by atoms with Gasteiger partial charge < -0.3 is 5.73 Å². The van der Waals surface area contributed by atoms with Gasteiger partial charge in [0.1, 0.15) is 0 Å². The minimum absolute atomic E-state index is 0.175. The highest BCUT2D eigenvalue weighted by Gasteiger charge is 2.18. The van der Waals surface area contributed by atoms with E-state index < -0.39 is 0 Å². The summed E-state index contributed by atoms with van der Waals surface area (Å²) in [5.74, 6) is -0.254. The lowest BCUT2D eigenvalue weighted by Gasteiger charge is -2.23. The number of rotatable bonds is 5. The van der Waals surface area contributed by atoms with Gasteiger partial charge in [-0.15, -0.1) is 11.3 Å². The van der Waals surface area contributed by atoms with Crippen LogP contribution in [0.4, 0.5) is 0 Å². The molecule has 1 heterocycles. The molecule has 0 aliphatic heterocycles. The van der Waals surface area contributed by atoms with E-state index in [4.69, 9.17) is 5.73 Å². The van der Waals surface area contributed by atoms with Crippen LogP contribution in [-0.2, 0) is 11.3 Å². The molecular formula is C10H15BrN2OS. The molecule has 15 heavy (non-hydrogen) atoms. The summed E-state index contributed by atoms with van der Waals surface area (Å²) in [6.07, 6.45) is 0.748. The zero-order chi connectivity index (χ0) is 11.4. The number of hydrogen-bond donors (Lipinski definition) is 1. The van der Waals surface area contributed by atoms with E-state index in [1.54, 1.807) is 11.3 Å². The van der Waals surface area contributed by atoms with Crippen LogP contribution < -0.4 is 5.73 Å². The Bertz CT molecular complexity index is 340. The number of nitrogens with zero attached hydrogens (tertiary/aromatic N) is 1. The molecule has 0 saturated carbocycles. The summed E-state index contributed by atoms with van der Waals surface area (Å²) < 4.78 is 1.09. The standard InChI is InChI=1S/C10H15BrN2OS/c1-3-9(10(12)14)13(2)5-8-4-7(11)6-15-8/h4,6,9H,3,5H2,1-2H3,(H2,12,14). The predicted molar refractivity (Wildman–Crippen MR) is 66.8 cm³/mol. The fourth-order valence-corrected chi connectivity index (χ4v) is 3.04. The third-order valence-corrected chi connectivity index (χ3v) is 3.96. The van der Waals surface area contributed by atoms with Crippen LogP contribution in [0.2, 0.25) is 0 Å². The first kappa shape index (κ1) is 12.7. The third kappa shape index (κ3) is 3.59. The van der Waals surface area contributed by atoms with Gasteiger partial charge in [-0.2, -0.15) is 0 Å². The maximum Gasteiger partial charge on any atom is 0.234 e. The van der Waals surface area contributed by atoms with Gasteiger partial charge in [-0.3, -0.25) is 9.69 Å². The second-order valence-electron chi connectivity index (χ2n) is 3.47. The Morgan fingerprint density at radius 3 is 2.80 bits per heavy atom. The molecular weight excluding hydrogens is 276 g/mol. The van der Waals surface area contributed by atoms with Gasteiger partial charge >= 0.3 is 0 Å². The van der Waals surface area contributed by atoms with Crippen LogP contribution in [0.3, 0.4) is 0 Å². The van der Waals surface area contributed by atoms with Crippen molar-refractivity contribution in [3.63, 3.8) is 0 Å². The number of likely N-dealkylation sites (N-methyl/N-ethyl adjacent to an activating group) is 1. The minimum Gasteiger partial charge on any atom is -0.368 e. The molecule has 0 aliphatic rings. The average molecular weight is 291 g/mol. The van der Waals surface area contributed by atoms with Gasteiger partial charge in [0.05, 0.1) is 6.04 Å². The molecule has 0 saturated heterocycles. The lowest BCUT2D eigenvalue weighted by Crippen LogP contribution is -2.41. The zero-order valence-corrected chi connectivity index (χ0v) is 11.3. The Kier molecular flexibility index (Phi) is 4.76. The Morgan fingerprint density at radius 2 is 2.40 bits per heavy atom. The van der Waals surface area contributed by atoms with Crippen molar-refractivity contribution in [2.45, 2.75) is 25.9 Å². The van der Waals surface area contributed by atoms with Crippen LogP contribution in [0.15, 0.2) is 15.9 Å². The average Bonchev–Trinajstić information content (AvgIpc) is 2.51. The lowest BCUT2D eigenvalue weighted by atomic mass is 10.2. The largest absolute Gasteiger partial charge is 0.368 e. The van der Waals surface area contributed by atoms with E-state index in [1.165, 1.54) is 4.88 Å². The van der Waals surface area contributed by atoms with E-state index in [9.17, 15) is 4.79 Å². The van der Waals surface area contributed by atoms with Crippen LogP contribution in [0, 0.1) is 0 Å². The summed E-state index contributed by atoms with van der Waals surface area (Å²) in [7, 11) is 1.92. The van der Waals surface area contributed by atoms with Crippen molar-refractivity contribution in [3.8, 4) is 0 Å². The zero-order valence-electron chi connectivity index (χ0n) is 8.87. The maximum atomic E-state index is 11.1. The third-order valence-electron chi connectivity index (χ3n) is 2.27. The topological polar surface area (TPSA) is 46.3 Å². The van der Waals surface area contributed by atoms with Crippen LogP contribution >= 0.6 is 27.3 Å². The summed E-state index contributed by atoms with van der Waals surface area (Å²) in [5, 5.41) is 2.04. The summed E-state index contributed by atoms with van der Waals surface area (Å²) in [5.41, 5.74) is 5.32. The Balaban J connectivity index is 2.61. The Morgan fingerprint density at radius 1 is 1.73 bits per heavy atom. The first-order valence-corrected chi connectivity index (χ1v) is 6.44. The molecule has 5 heteroatoms. The number of primary amides is 1. The highest BCUT2D eigenvalue weighted by Crippen LogP contribution is 2.21. The number of nitrogens with two attached hydrogens (primary N) is 1. The number of hydrogen-bond acceptors (Lipinski definition) is 3. The van der Waals surface area contributed by atoms with Gasteiger partial charge in [0.25, 0.3) is 0 Å². The van der Waals surface area contributed by atoms with Crippen molar-refractivity contribution >= 4 is 33.2 Å². The molecule has 84 valence electrons. The second-order valence-corrected chi connectivity index (χ2v) is 5.38. The SMILES string of the molecule is CCC(C(N)=O)N(C)Cc1cc(Br)cs1. The van der Waals surface area contributed by atoms with Crippen molar-refractivity contribution in [2.75, 3.05) is 7.05 Å². The molecule has 0 fully saturated rings. The Labute approximate surface area is 102 Å². The van der Waals surface area contributed by atoms with Gasteiger partial charge in [-0.05, 0) is 35.5 Å². The molecule has 0 aliphatic carbocycles. The predicted octanol–water partition coefficient (Wildman–Crippen LogP) is 2.21. The second kappa shape index (κ2) is 5.63. The molecule has 1 amide bonds. The van der Waals surface area contributed by atoms with Gasteiger partial charge in [0.15, 0.2) is 0 Å². The molecule has 0 bridgehead atoms. The van der Waals surface area contributed by atoms with E-state index in [-0.39, 0.29) is 11.9 Å². The van der Waals surface area contributed by atoms with Crippen LogP contribution in [0.1, 0.15) is 18.2 Å². The summed E-state index contributed by atoms with van der Waals surface area (Å²) in [6.45, 7) is 2.73. The van der Waals surface area contributed by atoms with E-state index in [2.05, 4.69) is 22.0 Å². The Hall–Kier alpha value is -0.390. The molecule has 0 aromatic carbocycles. The van der Waals surface area contributed by atoms with Crippen LogP contribution in [-0.4, -0.2) is 23.9 Å². The lowest BCUT2D eigenvalue weighted by molar-refractivity contribution is -0.123. The minimum atomic E-state index is -0.254. The molecule has 3 nitrogen and oxygen atoms in total. The molecule has 1 unspecified atom stereocenters. The van der Waals surface area contributed by atoms with Crippen molar-refractivity contribution in [2.24, 2.45) is 5.73 Å². The highest BCUT2D eigenvalue weighted by atomic mass is 79.9. The van der Waals surface area contributed by atoms with Crippen molar-refractivity contribution in [1.29, 1.82) is 0 Å². The van der Waals surface area contributed by atoms with E-state index in [1.807, 2.05) is 24.3 Å². The van der Waals surface area contributed by atoms with E-state index in [0.29, 0.717) is 0 Å².